The predicted octanol–water partition coefficient (Wildman–Crippen LogP) is 6.36. The van der Waals surface area contributed by atoms with Gasteiger partial charge in [-0.15, -0.1) is 0 Å². The number of H-pyrrole nitrogens is 1. The number of benzene rings is 2. The molecule has 1 saturated carbocycles. The second-order valence-corrected chi connectivity index (χ2v) is 8.87. The summed E-state index contributed by atoms with van der Waals surface area (Å²) in [7, 11) is 0. The maximum atomic E-state index is 9.04. The van der Waals surface area contributed by atoms with E-state index in [0.717, 1.165) is 50.8 Å². The lowest BCUT2D eigenvalue weighted by molar-refractivity contribution is 0.151. The Labute approximate surface area is 185 Å². The Kier molecular flexibility index (Phi) is 5.59. The van der Waals surface area contributed by atoms with E-state index in [4.69, 9.17) is 15.0 Å². The van der Waals surface area contributed by atoms with E-state index in [1.165, 1.54) is 19.3 Å². The summed E-state index contributed by atoms with van der Waals surface area (Å²) >= 11 is 1.67. The van der Waals surface area contributed by atoms with E-state index >= 15 is 0 Å². The standard InChI is InChI=1S/C25H22N4OS/c26-16-17-6-8-18(9-7-17)25-28-21-14-23(30-19-4-2-1-3-5-19)24(15-22(21)29-25)31-20-10-12-27-13-11-20/h6-15,19H,1-5H2,(H,28,29). The van der Waals surface area contributed by atoms with E-state index in [2.05, 4.69) is 28.2 Å². The third kappa shape index (κ3) is 4.42. The number of hydrogen-bond donors (Lipinski definition) is 1. The summed E-state index contributed by atoms with van der Waals surface area (Å²) in [6.45, 7) is 0. The van der Waals surface area contributed by atoms with Crippen molar-refractivity contribution < 1.29 is 4.74 Å². The average Bonchev–Trinajstić information content (AvgIpc) is 3.23. The molecule has 2 aromatic carbocycles. The van der Waals surface area contributed by atoms with Crippen LogP contribution in [0.15, 0.2) is 70.7 Å². The van der Waals surface area contributed by atoms with Crippen LogP contribution in [0.1, 0.15) is 37.7 Å². The highest BCUT2D eigenvalue weighted by Crippen LogP contribution is 2.39. The first-order valence-electron chi connectivity index (χ1n) is 10.6. The van der Waals surface area contributed by atoms with E-state index in [9.17, 15) is 0 Å². The minimum atomic E-state index is 0.268. The molecule has 0 radical (unpaired) electrons. The zero-order valence-electron chi connectivity index (χ0n) is 17.0. The highest BCUT2D eigenvalue weighted by molar-refractivity contribution is 7.99. The maximum absolute atomic E-state index is 9.04. The number of aromatic nitrogens is 3. The number of nitrogens with one attached hydrogen (secondary N) is 1. The predicted molar refractivity (Wildman–Crippen MR) is 122 cm³/mol. The molecular formula is C25H22N4OS. The summed E-state index contributed by atoms with van der Waals surface area (Å²) in [5.74, 6) is 1.69. The third-order valence-electron chi connectivity index (χ3n) is 5.56. The Hall–Kier alpha value is -3.30. The molecule has 0 unspecified atom stereocenters. The second kappa shape index (κ2) is 8.83. The summed E-state index contributed by atoms with van der Waals surface area (Å²) in [6.07, 6.45) is 9.85. The third-order valence-corrected chi connectivity index (χ3v) is 6.61. The van der Waals surface area contributed by atoms with Gasteiger partial charge in [-0.3, -0.25) is 4.98 Å². The Bertz CT molecular complexity index is 1220. The van der Waals surface area contributed by atoms with Crippen LogP contribution in [0.2, 0.25) is 0 Å². The molecule has 0 saturated heterocycles. The number of imidazole rings is 1. The van der Waals surface area contributed by atoms with E-state index in [0.29, 0.717) is 5.56 Å². The van der Waals surface area contributed by atoms with Gasteiger partial charge in [-0.25, -0.2) is 4.98 Å². The van der Waals surface area contributed by atoms with Crippen LogP contribution in [0.5, 0.6) is 5.75 Å². The van der Waals surface area contributed by atoms with E-state index in [-0.39, 0.29) is 6.10 Å². The van der Waals surface area contributed by atoms with Crippen molar-refractivity contribution in [3.05, 3.63) is 66.5 Å². The van der Waals surface area contributed by atoms with Gasteiger partial charge >= 0.3 is 0 Å². The number of nitriles is 1. The lowest BCUT2D eigenvalue weighted by Crippen LogP contribution is -2.19. The van der Waals surface area contributed by atoms with Gasteiger partial charge in [0.15, 0.2) is 0 Å². The normalized spacial score (nSPS) is 14.4. The molecule has 6 heteroatoms. The summed E-state index contributed by atoms with van der Waals surface area (Å²) in [6, 6.07) is 17.8. The van der Waals surface area contributed by atoms with Gasteiger partial charge in [0.05, 0.1) is 33.7 Å². The van der Waals surface area contributed by atoms with Crippen molar-refractivity contribution in [3.63, 3.8) is 0 Å². The van der Waals surface area contributed by atoms with Crippen molar-refractivity contribution in [3.8, 4) is 23.2 Å². The number of nitrogens with zero attached hydrogens (tertiary/aromatic N) is 3. The maximum Gasteiger partial charge on any atom is 0.138 e. The van der Waals surface area contributed by atoms with Crippen LogP contribution < -0.4 is 4.74 Å². The Balaban J connectivity index is 1.52. The lowest BCUT2D eigenvalue weighted by atomic mass is 9.98. The molecular weight excluding hydrogens is 404 g/mol. The number of aromatic amines is 1. The Morgan fingerprint density at radius 1 is 1.00 bits per heavy atom. The summed E-state index contributed by atoms with van der Waals surface area (Å²) in [5.41, 5.74) is 3.43. The van der Waals surface area contributed by atoms with Gasteiger partial charge in [0.1, 0.15) is 11.6 Å². The largest absolute Gasteiger partial charge is 0.489 e. The number of hydrogen-bond acceptors (Lipinski definition) is 5. The van der Waals surface area contributed by atoms with Gasteiger partial charge < -0.3 is 9.72 Å². The molecule has 0 spiro atoms. The molecule has 1 fully saturated rings. The molecule has 0 atom stereocenters. The van der Waals surface area contributed by atoms with Gasteiger partial charge in [-0.1, -0.05) is 18.2 Å². The zero-order chi connectivity index (χ0) is 21.0. The fourth-order valence-corrected chi connectivity index (χ4v) is 4.81. The molecule has 0 bridgehead atoms. The molecule has 5 rings (SSSR count). The fourth-order valence-electron chi connectivity index (χ4n) is 3.92. The van der Waals surface area contributed by atoms with Crippen molar-refractivity contribution in [1.29, 1.82) is 5.26 Å². The quantitative estimate of drug-likeness (QED) is 0.402. The summed E-state index contributed by atoms with van der Waals surface area (Å²) in [5, 5.41) is 9.04. The van der Waals surface area contributed by atoms with E-state index in [1.807, 2.05) is 36.4 Å². The number of fused-ring (bicyclic) bond motifs is 1. The highest BCUT2D eigenvalue weighted by atomic mass is 32.2. The molecule has 0 amide bonds. The fraction of sp³-hybridized carbons (Fsp3) is 0.240. The molecule has 1 N–H and O–H groups in total. The molecule has 5 nitrogen and oxygen atoms in total. The first kappa shape index (κ1) is 19.7. The lowest BCUT2D eigenvalue weighted by Gasteiger charge is -2.24. The molecule has 2 heterocycles. The summed E-state index contributed by atoms with van der Waals surface area (Å²) < 4.78 is 6.49. The van der Waals surface area contributed by atoms with Crippen LogP contribution in [-0.4, -0.2) is 21.1 Å². The monoisotopic (exact) mass is 426 g/mol. The zero-order valence-corrected chi connectivity index (χ0v) is 17.9. The smallest absolute Gasteiger partial charge is 0.138 e. The van der Waals surface area contributed by atoms with Crippen molar-refractivity contribution in [1.82, 2.24) is 15.0 Å². The van der Waals surface area contributed by atoms with Crippen LogP contribution in [0.25, 0.3) is 22.4 Å². The average molecular weight is 427 g/mol. The summed E-state index contributed by atoms with van der Waals surface area (Å²) in [4.78, 5) is 14.5. The van der Waals surface area contributed by atoms with E-state index in [1.54, 1.807) is 24.2 Å². The van der Waals surface area contributed by atoms with Crippen molar-refractivity contribution in [2.75, 3.05) is 0 Å². The molecule has 154 valence electrons. The molecule has 31 heavy (non-hydrogen) atoms. The highest BCUT2D eigenvalue weighted by Gasteiger charge is 2.19. The van der Waals surface area contributed by atoms with Crippen molar-refractivity contribution in [2.45, 2.75) is 48.0 Å². The topological polar surface area (TPSA) is 74.6 Å². The first-order chi connectivity index (χ1) is 15.3. The first-order valence-corrected chi connectivity index (χ1v) is 11.4. The van der Waals surface area contributed by atoms with Crippen LogP contribution in [-0.2, 0) is 0 Å². The van der Waals surface area contributed by atoms with Gasteiger partial charge in [-0.05, 0) is 68.1 Å². The number of ether oxygens (including phenoxy) is 1. The van der Waals surface area contributed by atoms with Crippen molar-refractivity contribution >= 4 is 22.8 Å². The van der Waals surface area contributed by atoms with Gasteiger partial charge in [0, 0.05) is 28.9 Å². The number of pyridine rings is 1. The van der Waals surface area contributed by atoms with Crippen molar-refractivity contribution in [2.24, 2.45) is 0 Å². The Morgan fingerprint density at radius 2 is 1.77 bits per heavy atom. The van der Waals surface area contributed by atoms with Crippen LogP contribution in [0.3, 0.4) is 0 Å². The van der Waals surface area contributed by atoms with Gasteiger partial charge in [-0.2, -0.15) is 5.26 Å². The Morgan fingerprint density at radius 3 is 2.52 bits per heavy atom. The van der Waals surface area contributed by atoms with Gasteiger partial charge in [0.2, 0.25) is 0 Å². The van der Waals surface area contributed by atoms with E-state index < -0.39 is 0 Å². The molecule has 1 aliphatic carbocycles. The molecule has 1 aliphatic rings. The minimum absolute atomic E-state index is 0.268. The second-order valence-electron chi connectivity index (χ2n) is 7.75. The van der Waals surface area contributed by atoms with Crippen LogP contribution in [0, 0.1) is 11.3 Å². The number of rotatable bonds is 5. The molecule has 2 aromatic heterocycles. The van der Waals surface area contributed by atoms with Gasteiger partial charge in [0.25, 0.3) is 0 Å². The minimum Gasteiger partial charge on any atom is -0.489 e. The molecule has 0 aliphatic heterocycles. The van der Waals surface area contributed by atoms with Crippen LogP contribution >= 0.6 is 11.8 Å². The van der Waals surface area contributed by atoms with Crippen LogP contribution in [0.4, 0.5) is 0 Å². The molecule has 4 aromatic rings. The SMILES string of the molecule is N#Cc1ccc(-c2nc3cc(Sc4ccncc4)c(OC4CCCCC4)cc3[nH]2)cc1.